The summed E-state index contributed by atoms with van der Waals surface area (Å²) in [6.45, 7) is 4.02. The van der Waals surface area contributed by atoms with E-state index in [0.29, 0.717) is 17.9 Å². The minimum atomic E-state index is -3.77. The van der Waals surface area contributed by atoms with Crippen LogP contribution in [0.25, 0.3) is 0 Å². The van der Waals surface area contributed by atoms with Crippen molar-refractivity contribution in [3.63, 3.8) is 0 Å². The Hall–Kier alpha value is -3.76. The highest BCUT2D eigenvalue weighted by Crippen LogP contribution is 2.26. The van der Waals surface area contributed by atoms with E-state index >= 15 is 0 Å². The maximum absolute atomic E-state index is 13.0. The summed E-state index contributed by atoms with van der Waals surface area (Å²) in [4.78, 5) is 23.4. The molecule has 0 saturated carbocycles. The first-order valence-corrected chi connectivity index (χ1v) is 11.9. The molecule has 3 aromatic carbocycles. The van der Waals surface area contributed by atoms with E-state index in [-0.39, 0.29) is 28.4 Å². The molecular formula is C24H25N3O6S. The minimum Gasteiger partial charge on any atom is -0.494 e. The van der Waals surface area contributed by atoms with E-state index in [0.717, 1.165) is 5.56 Å². The number of benzene rings is 3. The maximum atomic E-state index is 13.0. The van der Waals surface area contributed by atoms with Gasteiger partial charge in [-0.25, -0.2) is 8.42 Å². The number of hydrogen-bond donors (Lipinski definition) is 1. The van der Waals surface area contributed by atoms with Crippen LogP contribution in [0, 0.1) is 17.0 Å². The summed E-state index contributed by atoms with van der Waals surface area (Å²) in [5.41, 5.74) is 1.84. The van der Waals surface area contributed by atoms with Crippen LogP contribution in [0.3, 0.4) is 0 Å². The highest BCUT2D eigenvalue weighted by atomic mass is 32.2. The van der Waals surface area contributed by atoms with E-state index in [1.807, 2.05) is 6.92 Å². The molecule has 1 amide bonds. The molecule has 9 nitrogen and oxygen atoms in total. The van der Waals surface area contributed by atoms with E-state index in [1.54, 1.807) is 55.5 Å². The number of aryl methyl sites for hydroxylation is 1. The van der Waals surface area contributed by atoms with Gasteiger partial charge >= 0.3 is 0 Å². The van der Waals surface area contributed by atoms with Crippen molar-refractivity contribution in [2.45, 2.75) is 25.3 Å². The lowest BCUT2D eigenvalue weighted by Crippen LogP contribution is -2.27. The molecule has 0 aliphatic heterocycles. The Morgan fingerprint density at radius 3 is 2.44 bits per heavy atom. The summed E-state index contributed by atoms with van der Waals surface area (Å²) < 4.78 is 32.9. The summed E-state index contributed by atoms with van der Waals surface area (Å²) in [5.74, 6) is -0.0332. The molecule has 1 N–H and O–H groups in total. The number of nitro benzene ring substituents is 1. The number of carbonyl (C=O) groups is 1. The van der Waals surface area contributed by atoms with Gasteiger partial charge in [0.05, 0.1) is 16.4 Å². The molecule has 0 atom stereocenters. The number of anilines is 1. The largest absolute Gasteiger partial charge is 0.494 e. The van der Waals surface area contributed by atoms with Crippen LogP contribution in [-0.4, -0.2) is 37.2 Å². The van der Waals surface area contributed by atoms with Gasteiger partial charge in [0.25, 0.3) is 11.6 Å². The van der Waals surface area contributed by atoms with Gasteiger partial charge < -0.3 is 10.1 Å². The van der Waals surface area contributed by atoms with Crippen LogP contribution in [-0.2, 0) is 16.6 Å². The van der Waals surface area contributed by atoms with Crippen molar-refractivity contribution >= 4 is 27.3 Å². The van der Waals surface area contributed by atoms with Crippen molar-refractivity contribution in [2.24, 2.45) is 0 Å². The van der Waals surface area contributed by atoms with Crippen LogP contribution < -0.4 is 10.1 Å². The van der Waals surface area contributed by atoms with Crippen LogP contribution in [0.1, 0.15) is 28.4 Å². The zero-order valence-corrected chi connectivity index (χ0v) is 19.8. The molecule has 0 saturated heterocycles. The maximum Gasteiger partial charge on any atom is 0.271 e. The molecule has 0 aliphatic rings. The average Bonchev–Trinajstić information content (AvgIpc) is 2.80. The van der Waals surface area contributed by atoms with Crippen molar-refractivity contribution < 1.29 is 22.9 Å². The molecule has 10 heteroatoms. The number of nitro groups is 1. The van der Waals surface area contributed by atoms with Gasteiger partial charge in [-0.1, -0.05) is 23.8 Å². The molecule has 0 aliphatic carbocycles. The molecule has 0 spiro atoms. The zero-order chi connectivity index (χ0) is 24.9. The van der Waals surface area contributed by atoms with E-state index in [2.05, 4.69) is 5.32 Å². The fourth-order valence-electron chi connectivity index (χ4n) is 3.26. The third-order valence-corrected chi connectivity index (χ3v) is 6.88. The van der Waals surface area contributed by atoms with Crippen molar-refractivity contribution in [3.8, 4) is 5.75 Å². The summed E-state index contributed by atoms with van der Waals surface area (Å²) >= 11 is 0. The lowest BCUT2D eigenvalue weighted by molar-refractivity contribution is -0.384. The number of sulfonamides is 1. The van der Waals surface area contributed by atoms with Gasteiger partial charge in [-0.15, -0.1) is 0 Å². The van der Waals surface area contributed by atoms with Crippen LogP contribution in [0.15, 0.2) is 71.6 Å². The number of non-ortho nitro benzene ring substituents is 1. The topological polar surface area (TPSA) is 119 Å². The predicted octanol–water partition coefficient (Wildman–Crippen LogP) is 4.37. The average molecular weight is 484 g/mol. The van der Waals surface area contributed by atoms with Gasteiger partial charge in [-0.2, -0.15) is 4.31 Å². The third kappa shape index (κ3) is 5.77. The number of carbonyl (C=O) groups excluding carboxylic acids is 1. The lowest BCUT2D eigenvalue weighted by Gasteiger charge is -2.20. The number of nitrogens with one attached hydrogen (secondary N) is 1. The summed E-state index contributed by atoms with van der Waals surface area (Å²) in [7, 11) is -2.31. The summed E-state index contributed by atoms with van der Waals surface area (Å²) in [6.07, 6.45) is 0. The van der Waals surface area contributed by atoms with Crippen molar-refractivity contribution in [3.05, 3.63) is 93.5 Å². The van der Waals surface area contributed by atoms with Crippen molar-refractivity contribution in [2.75, 3.05) is 19.0 Å². The molecule has 3 aromatic rings. The van der Waals surface area contributed by atoms with Crippen LogP contribution in [0.2, 0.25) is 0 Å². The van der Waals surface area contributed by atoms with Crippen molar-refractivity contribution in [1.29, 1.82) is 0 Å². The highest BCUT2D eigenvalue weighted by molar-refractivity contribution is 7.89. The van der Waals surface area contributed by atoms with E-state index in [9.17, 15) is 23.3 Å². The lowest BCUT2D eigenvalue weighted by atomic mass is 10.1. The molecule has 0 fully saturated rings. The van der Waals surface area contributed by atoms with E-state index < -0.39 is 20.9 Å². The molecule has 0 radical (unpaired) electrons. The fraction of sp³-hybridized carbons (Fsp3) is 0.208. The fourth-order valence-corrected chi connectivity index (χ4v) is 4.41. The van der Waals surface area contributed by atoms with Crippen LogP contribution in [0.5, 0.6) is 5.75 Å². The Morgan fingerprint density at radius 2 is 1.79 bits per heavy atom. The first-order chi connectivity index (χ1) is 16.1. The van der Waals surface area contributed by atoms with Gasteiger partial charge in [0.2, 0.25) is 10.0 Å². The zero-order valence-electron chi connectivity index (χ0n) is 19.0. The molecule has 0 aromatic heterocycles. The van der Waals surface area contributed by atoms with Gasteiger partial charge in [0.1, 0.15) is 5.75 Å². The van der Waals surface area contributed by atoms with Crippen LogP contribution in [0.4, 0.5) is 11.4 Å². The number of rotatable bonds is 9. The first-order valence-electron chi connectivity index (χ1n) is 10.5. The molecule has 3 rings (SSSR count). The highest BCUT2D eigenvalue weighted by Gasteiger charge is 2.23. The first kappa shape index (κ1) is 24.9. The molecule has 0 heterocycles. The second kappa shape index (κ2) is 10.4. The normalized spacial score (nSPS) is 11.3. The Kier molecular flexibility index (Phi) is 7.64. The molecule has 178 valence electrons. The smallest absolute Gasteiger partial charge is 0.271 e. The Bertz CT molecular complexity index is 1310. The predicted molar refractivity (Wildman–Crippen MR) is 128 cm³/mol. The van der Waals surface area contributed by atoms with E-state index in [1.165, 1.54) is 29.6 Å². The van der Waals surface area contributed by atoms with Gasteiger partial charge in [0.15, 0.2) is 0 Å². The van der Waals surface area contributed by atoms with Gasteiger partial charge in [0, 0.05) is 42.5 Å². The van der Waals surface area contributed by atoms with Crippen LogP contribution >= 0.6 is 0 Å². The Labute approximate surface area is 198 Å². The molecular weight excluding hydrogens is 458 g/mol. The van der Waals surface area contributed by atoms with Gasteiger partial charge in [-0.05, 0) is 50.2 Å². The summed E-state index contributed by atoms with van der Waals surface area (Å²) in [6, 6.07) is 16.9. The van der Waals surface area contributed by atoms with Gasteiger partial charge in [-0.3, -0.25) is 14.9 Å². The van der Waals surface area contributed by atoms with Crippen molar-refractivity contribution in [1.82, 2.24) is 4.31 Å². The number of amides is 1. The standard InChI is InChI=1S/C24H25N3O6S/c1-4-33-23-13-10-18(24(28)25-20-6-5-7-21(15-20)27(29)30)14-19(23)16-26(3)34(31,32)22-11-8-17(2)9-12-22/h5-15H,4,16H2,1-3H3,(H,25,28). The number of nitrogens with zero attached hydrogens (tertiary/aromatic N) is 2. The second-order valence-electron chi connectivity index (χ2n) is 7.59. The van der Waals surface area contributed by atoms with E-state index in [4.69, 9.17) is 4.74 Å². The minimum absolute atomic E-state index is 0.0243. The summed E-state index contributed by atoms with van der Waals surface area (Å²) in [5, 5.41) is 13.6. The SMILES string of the molecule is CCOc1ccc(C(=O)Nc2cccc([N+](=O)[O-])c2)cc1CN(C)S(=O)(=O)c1ccc(C)cc1. The Balaban J connectivity index is 1.87. The molecule has 34 heavy (non-hydrogen) atoms. The monoisotopic (exact) mass is 483 g/mol. The quantitative estimate of drug-likeness (QED) is 0.356. The Morgan fingerprint density at radius 1 is 1.09 bits per heavy atom. The molecule has 0 unspecified atom stereocenters. The number of ether oxygens (including phenoxy) is 1. The molecule has 0 bridgehead atoms. The third-order valence-electron chi connectivity index (χ3n) is 5.06. The number of hydrogen-bond acceptors (Lipinski definition) is 6. The second-order valence-corrected chi connectivity index (χ2v) is 9.64.